The van der Waals surface area contributed by atoms with Crippen LogP contribution >= 0.6 is 0 Å². The fourth-order valence-corrected chi connectivity index (χ4v) is 3.73. The van der Waals surface area contributed by atoms with Gasteiger partial charge in [-0.05, 0) is 31.0 Å². The van der Waals surface area contributed by atoms with Gasteiger partial charge in [0.05, 0.1) is 17.3 Å². The number of nitrogens with zero attached hydrogens (tertiary/aromatic N) is 2. The van der Waals surface area contributed by atoms with Crippen LogP contribution in [0.4, 0.5) is 11.4 Å². The molecular formula is C22H23N3O3. The molecule has 2 aliphatic rings. The molecule has 1 saturated heterocycles. The molecule has 28 heavy (non-hydrogen) atoms. The predicted molar refractivity (Wildman–Crippen MR) is 107 cm³/mol. The standard InChI is InChI=1S/C22H23N3O3/c26-20(24-18-7-4-5-8-19(18)25-12-13-25)9-3-1-2-6-16-21(27)15-10-11-23-14-17(15)22(16)28/h4-5,7-8,10-11,14,16H,1-3,6,9,12-13H2,(H,24,26). The van der Waals surface area contributed by atoms with E-state index in [9.17, 15) is 14.4 Å². The highest BCUT2D eigenvalue weighted by Gasteiger charge is 2.37. The van der Waals surface area contributed by atoms with E-state index in [-0.39, 0.29) is 17.5 Å². The van der Waals surface area contributed by atoms with Gasteiger partial charge >= 0.3 is 0 Å². The molecule has 6 heteroatoms. The van der Waals surface area contributed by atoms with Crippen molar-refractivity contribution in [2.75, 3.05) is 23.3 Å². The molecule has 0 saturated carbocycles. The highest BCUT2D eigenvalue weighted by Crippen LogP contribution is 2.31. The Kier molecular flexibility index (Phi) is 5.19. The molecular weight excluding hydrogens is 354 g/mol. The molecule has 1 fully saturated rings. The van der Waals surface area contributed by atoms with Crippen molar-refractivity contribution in [1.82, 2.24) is 4.98 Å². The lowest BCUT2D eigenvalue weighted by Crippen LogP contribution is -2.15. The van der Waals surface area contributed by atoms with Gasteiger partial charge < -0.3 is 10.2 Å². The number of fused-ring (bicyclic) bond motifs is 1. The van der Waals surface area contributed by atoms with E-state index in [1.54, 1.807) is 12.3 Å². The summed E-state index contributed by atoms with van der Waals surface area (Å²) in [4.78, 5) is 43.1. The van der Waals surface area contributed by atoms with E-state index in [1.807, 2.05) is 24.3 Å². The summed E-state index contributed by atoms with van der Waals surface area (Å²) in [6.45, 7) is 2.07. The number of carbonyl (C=O) groups is 3. The number of anilines is 2. The quantitative estimate of drug-likeness (QED) is 0.433. The largest absolute Gasteiger partial charge is 0.366 e. The maximum absolute atomic E-state index is 12.4. The molecule has 1 aromatic carbocycles. The Bertz CT molecular complexity index is 886. The van der Waals surface area contributed by atoms with Crippen molar-refractivity contribution in [2.24, 2.45) is 5.92 Å². The van der Waals surface area contributed by atoms with Crippen LogP contribution in [0.25, 0.3) is 0 Å². The van der Waals surface area contributed by atoms with Gasteiger partial charge in [-0.25, -0.2) is 0 Å². The summed E-state index contributed by atoms with van der Waals surface area (Å²) < 4.78 is 0. The van der Waals surface area contributed by atoms with Crippen LogP contribution in [0, 0.1) is 5.92 Å². The molecule has 1 N–H and O–H groups in total. The highest BCUT2D eigenvalue weighted by molar-refractivity contribution is 6.26. The highest BCUT2D eigenvalue weighted by atomic mass is 16.2. The summed E-state index contributed by atoms with van der Waals surface area (Å²) >= 11 is 0. The van der Waals surface area contributed by atoms with E-state index >= 15 is 0 Å². The Morgan fingerprint density at radius 1 is 1.04 bits per heavy atom. The number of benzene rings is 1. The minimum Gasteiger partial charge on any atom is -0.366 e. The summed E-state index contributed by atoms with van der Waals surface area (Å²) in [5.74, 6) is -0.780. The maximum atomic E-state index is 12.4. The number of hydrogen-bond acceptors (Lipinski definition) is 5. The SMILES string of the molecule is O=C(CCCCCC1C(=O)c2ccncc2C1=O)Nc1ccccc1N1CC1. The Balaban J connectivity index is 1.20. The number of hydrogen-bond donors (Lipinski definition) is 1. The number of Topliss-reactive ketones (excluding diaryl/α,β-unsaturated/α-hetero) is 2. The number of unbranched alkanes of at least 4 members (excludes halogenated alkanes) is 2. The van der Waals surface area contributed by atoms with Gasteiger partial charge in [0, 0.05) is 43.0 Å². The van der Waals surface area contributed by atoms with Gasteiger partial charge in [0.25, 0.3) is 0 Å². The van der Waals surface area contributed by atoms with Gasteiger partial charge in [-0.2, -0.15) is 0 Å². The average Bonchev–Trinajstić information content (AvgIpc) is 3.52. The van der Waals surface area contributed by atoms with Gasteiger partial charge in [0.15, 0.2) is 11.6 Å². The zero-order valence-corrected chi connectivity index (χ0v) is 15.7. The molecule has 6 nitrogen and oxygen atoms in total. The molecule has 0 radical (unpaired) electrons. The van der Waals surface area contributed by atoms with Crippen molar-refractivity contribution < 1.29 is 14.4 Å². The van der Waals surface area contributed by atoms with Crippen LogP contribution in [0.15, 0.2) is 42.7 Å². The first kappa shape index (κ1) is 18.3. The number of carbonyl (C=O) groups excluding carboxylic acids is 3. The number of para-hydroxylation sites is 2. The molecule has 1 amide bonds. The van der Waals surface area contributed by atoms with Crippen LogP contribution in [0.3, 0.4) is 0 Å². The lowest BCUT2D eigenvalue weighted by Gasteiger charge is -2.12. The van der Waals surface area contributed by atoms with Crippen molar-refractivity contribution in [2.45, 2.75) is 32.1 Å². The number of ketones is 2. The normalized spacial score (nSPS) is 17.6. The molecule has 1 aromatic heterocycles. The lowest BCUT2D eigenvalue weighted by molar-refractivity contribution is -0.116. The first-order valence-corrected chi connectivity index (χ1v) is 9.81. The minimum absolute atomic E-state index is 0.000740. The van der Waals surface area contributed by atoms with Crippen molar-refractivity contribution in [1.29, 1.82) is 0 Å². The van der Waals surface area contributed by atoms with Crippen LogP contribution in [0.2, 0.25) is 0 Å². The van der Waals surface area contributed by atoms with E-state index in [4.69, 9.17) is 0 Å². The molecule has 0 spiro atoms. The van der Waals surface area contributed by atoms with E-state index < -0.39 is 5.92 Å². The van der Waals surface area contributed by atoms with Crippen molar-refractivity contribution in [3.63, 3.8) is 0 Å². The molecule has 4 rings (SSSR count). The Labute approximate surface area is 164 Å². The summed E-state index contributed by atoms with van der Waals surface area (Å²) in [5.41, 5.74) is 2.87. The molecule has 0 bridgehead atoms. The molecule has 1 atom stereocenters. The second kappa shape index (κ2) is 7.92. The molecule has 1 aliphatic heterocycles. The summed E-state index contributed by atoms with van der Waals surface area (Å²) in [6.07, 6.45) is 6.30. The third-order valence-electron chi connectivity index (χ3n) is 5.35. The summed E-state index contributed by atoms with van der Waals surface area (Å²) in [5, 5.41) is 2.99. The second-order valence-electron chi connectivity index (χ2n) is 7.35. The lowest BCUT2D eigenvalue weighted by atomic mass is 9.96. The number of rotatable bonds is 8. The smallest absolute Gasteiger partial charge is 0.224 e. The predicted octanol–water partition coefficient (Wildman–Crippen LogP) is 3.49. The fraction of sp³-hybridized carbons (Fsp3) is 0.364. The first-order valence-electron chi connectivity index (χ1n) is 9.81. The topological polar surface area (TPSA) is 79.1 Å². The Hall–Kier alpha value is -3.02. The number of pyridine rings is 1. The third-order valence-corrected chi connectivity index (χ3v) is 5.35. The molecule has 1 aliphatic carbocycles. The summed E-state index contributed by atoms with van der Waals surface area (Å²) in [7, 11) is 0. The molecule has 2 heterocycles. The summed E-state index contributed by atoms with van der Waals surface area (Å²) in [6, 6.07) is 9.46. The van der Waals surface area contributed by atoms with Crippen LogP contribution in [-0.4, -0.2) is 35.5 Å². The van der Waals surface area contributed by atoms with E-state index in [0.717, 1.165) is 43.7 Å². The van der Waals surface area contributed by atoms with Gasteiger partial charge in [-0.15, -0.1) is 0 Å². The second-order valence-corrected chi connectivity index (χ2v) is 7.35. The maximum Gasteiger partial charge on any atom is 0.224 e. The van der Waals surface area contributed by atoms with E-state index in [0.29, 0.717) is 24.0 Å². The van der Waals surface area contributed by atoms with E-state index in [2.05, 4.69) is 15.2 Å². The molecule has 2 aromatic rings. The average molecular weight is 377 g/mol. The van der Waals surface area contributed by atoms with Crippen LogP contribution in [-0.2, 0) is 4.79 Å². The molecule has 1 unspecified atom stereocenters. The fourth-order valence-electron chi connectivity index (χ4n) is 3.73. The zero-order chi connectivity index (χ0) is 19.5. The Morgan fingerprint density at radius 2 is 1.82 bits per heavy atom. The van der Waals surface area contributed by atoms with Crippen LogP contribution < -0.4 is 10.2 Å². The first-order chi connectivity index (χ1) is 13.6. The van der Waals surface area contributed by atoms with Gasteiger partial charge in [0.2, 0.25) is 5.91 Å². The number of nitrogens with one attached hydrogen (secondary N) is 1. The van der Waals surface area contributed by atoms with E-state index in [1.165, 1.54) is 6.20 Å². The monoisotopic (exact) mass is 377 g/mol. The van der Waals surface area contributed by atoms with Crippen LogP contribution in [0.1, 0.15) is 52.8 Å². The third kappa shape index (κ3) is 3.81. The van der Waals surface area contributed by atoms with Gasteiger partial charge in [-0.1, -0.05) is 25.0 Å². The van der Waals surface area contributed by atoms with Crippen molar-refractivity contribution in [3.8, 4) is 0 Å². The zero-order valence-electron chi connectivity index (χ0n) is 15.7. The van der Waals surface area contributed by atoms with Crippen molar-refractivity contribution >= 4 is 28.8 Å². The number of amides is 1. The van der Waals surface area contributed by atoms with Crippen LogP contribution in [0.5, 0.6) is 0 Å². The van der Waals surface area contributed by atoms with Gasteiger partial charge in [-0.3, -0.25) is 19.4 Å². The Morgan fingerprint density at radius 3 is 2.61 bits per heavy atom. The van der Waals surface area contributed by atoms with Crippen molar-refractivity contribution in [3.05, 3.63) is 53.9 Å². The van der Waals surface area contributed by atoms with Gasteiger partial charge in [0.1, 0.15) is 0 Å². The minimum atomic E-state index is -0.576. The molecule has 144 valence electrons. The number of aromatic nitrogens is 1.